The number of Topliss-reactive ketones (excluding diaryl/α,β-unsaturated/α-hetero) is 1. The van der Waals surface area contributed by atoms with Crippen LogP contribution in [0, 0.1) is 5.92 Å². The van der Waals surface area contributed by atoms with Crippen LogP contribution in [-0.4, -0.2) is 18.5 Å². The molecule has 52 valence electrons. The number of rotatable bonds is 2. The van der Waals surface area contributed by atoms with Gasteiger partial charge in [0.1, 0.15) is 5.78 Å². The van der Waals surface area contributed by atoms with Gasteiger partial charge in [0.15, 0.2) is 0 Å². The minimum atomic E-state index is 0.157. The van der Waals surface area contributed by atoms with E-state index in [1.807, 2.05) is 13.8 Å². The van der Waals surface area contributed by atoms with E-state index in [4.69, 9.17) is 4.74 Å². The molecule has 0 radical (unpaired) electrons. The average Bonchev–Trinajstić information content (AvgIpc) is 1.88. The van der Waals surface area contributed by atoms with Gasteiger partial charge in [0.05, 0.1) is 6.10 Å². The van der Waals surface area contributed by atoms with Gasteiger partial charge in [-0.1, -0.05) is 6.92 Å². The van der Waals surface area contributed by atoms with Gasteiger partial charge in [0, 0.05) is 18.9 Å². The third-order valence-electron chi connectivity index (χ3n) is 1.85. The van der Waals surface area contributed by atoms with E-state index in [0.717, 1.165) is 6.61 Å². The highest BCUT2D eigenvalue weighted by Crippen LogP contribution is 2.25. The van der Waals surface area contributed by atoms with Crippen LogP contribution in [0.25, 0.3) is 0 Å². The van der Waals surface area contributed by atoms with E-state index in [9.17, 15) is 4.79 Å². The van der Waals surface area contributed by atoms with Crippen LogP contribution >= 0.6 is 0 Å². The van der Waals surface area contributed by atoms with Crippen LogP contribution in [0.1, 0.15) is 20.3 Å². The third kappa shape index (κ3) is 1.13. The van der Waals surface area contributed by atoms with Crippen LogP contribution in [0.5, 0.6) is 0 Å². The van der Waals surface area contributed by atoms with Gasteiger partial charge >= 0.3 is 0 Å². The number of ether oxygens (including phenoxy) is 1. The smallest absolute Gasteiger partial charge is 0.140 e. The molecule has 0 amide bonds. The monoisotopic (exact) mass is 128 g/mol. The van der Waals surface area contributed by atoms with Gasteiger partial charge in [0.2, 0.25) is 0 Å². The molecule has 0 aliphatic heterocycles. The molecule has 0 unspecified atom stereocenters. The molecule has 0 saturated heterocycles. The van der Waals surface area contributed by atoms with Crippen molar-refractivity contribution in [1.82, 2.24) is 0 Å². The Labute approximate surface area is 55.2 Å². The number of carbonyl (C=O) groups excluding carboxylic acids is 1. The van der Waals surface area contributed by atoms with Gasteiger partial charge in [-0.3, -0.25) is 4.79 Å². The van der Waals surface area contributed by atoms with Crippen molar-refractivity contribution in [3.05, 3.63) is 0 Å². The van der Waals surface area contributed by atoms with Crippen molar-refractivity contribution in [2.24, 2.45) is 5.92 Å². The zero-order valence-electron chi connectivity index (χ0n) is 5.89. The highest BCUT2D eigenvalue weighted by molar-refractivity contribution is 5.87. The van der Waals surface area contributed by atoms with E-state index in [2.05, 4.69) is 0 Å². The fourth-order valence-corrected chi connectivity index (χ4v) is 1.03. The molecule has 1 rings (SSSR count). The summed E-state index contributed by atoms with van der Waals surface area (Å²) in [6, 6.07) is 0. The summed E-state index contributed by atoms with van der Waals surface area (Å²) >= 11 is 0. The van der Waals surface area contributed by atoms with Gasteiger partial charge in [-0.2, -0.15) is 0 Å². The highest BCUT2D eigenvalue weighted by atomic mass is 16.5. The number of hydrogen-bond acceptors (Lipinski definition) is 2. The van der Waals surface area contributed by atoms with Gasteiger partial charge in [0.25, 0.3) is 0 Å². The van der Waals surface area contributed by atoms with Crippen molar-refractivity contribution in [3.8, 4) is 0 Å². The molecule has 0 aromatic carbocycles. The van der Waals surface area contributed by atoms with Crippen LogP contribution in [0.15, 0.2) is 0 Å². The molecule has 9 heavy (non-hydrogen) atoms. The van der Waals surface area contributed by atoms with Crippen molar-refractivity contribution in [1.29, 1.82) is 0 Å². The second kappa shape index (κ2) is 2.48. The summed E-state index contributed by atoms with van der Waals surface area (Å²) in [5, 5.41) is 0. The number of ketones is 1. The molecule has 0 bridgehead atoms. The van der Waals surface area contributed by atoms with E-state index in [-0.39, 0.29) is 12.0 Å². The van der Waals surface area contributed by atoms with Crippen LogP contribution in [0.2, 0.25) is 0 Å². The van der Waals surface area contributed by atoms with Gasteiger partial charge in [-0.05, 0) is 6.92 Å². The van der Waals surface area contributed by atoms with Crippen LogP contribution in [0.3, 0.4) is 0 Å². The molecule has 1 fully saturated rings. The fraction of sp³-hybridized carbons (Fsp3) is 0.857. The largest absolute Gasteiger partial charge is 0.377 e. The van der Waals surface area contributed by atoms with Crippen LogP contribution in [-0.2, 0) is 9.53 Å². The fourth-order valence-electron chi connectivity index (χ4n) is 1.03. The highest BCUT2D eigenvalue weighted by Gasteiger charge is 2.36. The molecule has 1 aliphatic rings. The topological polar surface area (TPSA) is 26.3 Å². The normalized spacial score (nSPS) is 34.2. The second-order valence-electron chi connectivity index (χ2n) is 2.45. The minimum Gasteiger partial charge on any atom is -0.377 e. The van der Waals surface area contributed by atoms with Crippen molar-refractivity contribution < 1.29 is 9.53 Å². The van der Waals surface area contributed by atoms with Gasteiger partial charge in [-0.15, -0.1) is 0 Å². The molecule has 2 atom stereocenters. The summed E-state index contributed by atoms with van der Waals surface area (Å²) < 4.78 is 5.24. The molecule has 0 heterocycles. The third-order valence-corrected chi connectivity index (χ3v) is 1.85. The lowest BCUT2D eigenvalue weighted by Gasteiger charge is -2.31. The maximum Gasteiger partial charge on any atom is 0.140 e. The van der Waals surface area contributed by atoms with Crippen molar-refractivity contribution in [3.63, 3.8) is 0 Å². The molecular formula is C7H12O2. The molecule has 2 nitrogen and oxygen atoms in total. The average molecular weight is 128 g/mol. The Morgan fingerprint density at radius 1 is 1.78 bits per heavy atom. The summed E-state index contributed by atoms with van der Waals surface area (Å²) in [5.74, 6) is 0.499. The summed E-state index contributed by atoms with van der Waals surface area (Å²) in [4.78, 5) is 10.6. The van der Waals surface area contributed by atoms with E-state index in [1.54, 1.807) is 0 Å². The molecular weight excluding hydrogens is 116 g/mol. The first-order valence-corrected chi connectivity index (χ1v) is 3.40. The summed E-state index contributed by atoms with van der Waals surface area (Å²) in [7, 11) is 0. The summed E-state index contributed by atoms with van der Waals surface area (Å²) in [6.07, 6.45) is 0.858. The van der Waals surface area contributed by atoms with E-state index in [1.165, 1.54) is 0 Å². The zero-order chi connectivity index (χ0) is 6.85. The quantitative estimate of drug-likeness (QED) is 0.554. The Bertz CT molecular complexity index is 120. The molecule has 2 heteroatoms. The Balaban J connectivity index is 2.25. The molecule has 0 spiro atoms. The predicted molar refractivity (Wildman–Crippen MR) is 34.2 cm³/mol. The second-order valence-corrected chi connectivity index (χ2v) is 2.45. The first-order valence-electron chi connectivity index (χ1n) is 3.40. The summed E-state index contributed by atoms with van der Waals surface area (Å²) in [6.45, 7) is 4.60. The van der Waals surface area contributed by atoms with Gasteiger partial charge < -0.3 is 4.74 Å². The first-order chi connectivity index (χ1) is 4.25. The molecule has 0 aromatic rings. The lowest BCUT2D eigenvalue weighted by atomic mass is 9.82. The molecule has 0 N–H and O–H groups in total. The van der Waals surface area contributed by atoms with Crippen molar-refractivity contribution >= 4 is 5.78 Å². The Hall–Kier alpha value is -0.370. The maximum atomic E-state index is 10.6. The van der Waals surface area contributed by atoms with E-state index in [0.29, 0.717) is 12.2 Å². The Morgan fingerprint density at radius 2 is 2.44 bits per heavy atom. The number of carbonyl (C=O) groups is 1. The van der Waals surface area contributed by atoms with E-state index >= 15 is 0 Å². The minimum absolute atomic E-state index is 0.157. The first kappa shape index (κ1) is 6.75. The standard InChI is InChI=1S/C7H12O2/c1-3-9-7-4-6(8)5(7)2/h5,7H,3-4H2,1-2H3/t5-,7-/m0/s1. The summed E-state index contributed by atoms with van der Waals surface area (Å²) in [5.41, 5.74) is 0. The van der Waals surface area contributed by atoms with Crippen molar-refractivity contribution in [2.75, 3.05) is 6.61 Å². The van der Waals surface area contributed by atoms with Crippen LogP contribution < -0.4 is 0 Å². The lowest BCUT2D eigenvalue weighted by molar-refractivity contribution is -0.143. The molecule has 1 aliphatic carbocycles. The SMILES string of the molecule is CCO[C@H]1CC(=O)[C@@H]1C. The van der Waals surface area contributed by atoms with E-state index < -0.39 is 0 Å². The van der Waals surface area contributed by atoms with Crippen molar-refractivity contribution in [2.45, 2.75) is 26.4 Å². The predicted octanol–water partition coefficient (Wildman–Crippen LogP) is 1.00. The Kier molecular flexibility index (Phi) is 1.86. The van der Waals surface area contributed by atoms with Gasteiger partial charge in [-0.25, -0.2) is 0 Å². The maximum absolute atomic E-state index is 10.6. The zero-order valence-corrected chi connectivity index (χ0v) is 5.89. The lowest BCUT2D eigenvalue weighted by Crippen LogP contribution is -2.41. The van der Waals surface area contributed by atoms with Crippen LogP contribution in [0.4, 0.5) is 0 Å². The number of hydrogen-bond donors (Lipinski definition) is 0. The Morgan fingerprint density at radius 3 is 2.78 bits per heavy atom. The molecule has 1 saturated carbocycles. The molecule has 0 aromatic heterocycles.